The lowest BCUT2D eigenvalue weighted by Gasteiger charge is -2.32. The zero-order chi connectivity index (χ0) is 20.0. The first-order chi connectivity index (χ1) is 14.1. The first kappa shape index (κ1) is 17.5. The van der Waals surface area contributed by atoms with Gasteiger partial charge in [-0.3, -0.25) is 4.79 Å². The van der Waals surface area contributed by atoms with Gasteiger partial charge in [-0.15, -0.1) is 0 Å². The van der Waals surface area contributed by atoms with Crippen LogP contribution in [0.4, 0.5) is 5.69 Å². The molecule has 29 heavy (non-hydrogen) atoms. The maximum atomic E-state index is 13.2. The van der Waals surface area contributed by atoms with Gasteiger partial charge in [-0.1, -0.05) is 30.3 Å². The van der Waals surface area contributed by atoms with Gasteiger partial charge in [0.2, 0.25) is 0 Å². The summed E-state index contributed by atoms with van der Waals surface area (Å²) in [6.07, 6.45) is 1.75. The van der Waals surface area contributed by atoms with Gasteiger partial charge in [-0.2, -0.15) is 0 Å². The number of rotatable bonds is 3. The molecular weight excluding hydrogens is 368 g/mol. The van der Waals surface area contributed by atoms with Crippen molar-refractivity contribution < 1.29 is 14.7 Å². The Kier molecular flexibility index (Phi) is 4.08. The maximum absolute atomic E-state index is 13.2. The van der Waals surface area contributed by atoms with Crippen molar-refractivity contribution in [2.24, 2.45) is 0 Å². The SMILES string of the molecule is O=C(O)C1Cc2nc[nH]c2CN1C(=O)c1cccc(N2Cc3ccccc3C2)c1. The number of carboxylic acids is 1. The number of amides is 1. The molecule has 2 aliphatic heterocycles. The number of fused-ring (bicyclic) bond motifs is 2. The van der Waals surface area contributed by atoms with E-state index in [1.165, 1.54) is 16.0 Å². The molecule has 0 radical (unpaired) electrons. The first-order valence-electron chi connectivity index (χ1n) is 9.57. The molecule has 0 saturated heterocycles. The molecule has 0 fully saturated rings. The van der Waals surface area contributed by atoms with Crippen LogP contribution in [0.1, 0.15) is 32.9 Å². The van der Waals surface area contributed by atoms with Gasteiger partial charge >= 0.3 is 5.97 Å². The number of nitrogens with zero attached hydrogens (tertiary/aromatic N) is 3. The number of hydrogen-bond donors (Lipinski definition) is 2. The third-order valence-electron chi connectivity index (χ3n) is 5.74. The van der Waals surface area contributed by atoms with Crippen LogP contribution in [-0.4, -0.2) is 37.9 Å². The molecule has 2 N–H and O–H groups in total. The van der Waals surface area contributed by atoms with Crippen molar-refractivity contribution in [3.05, 3.63) is 82.9 Å². The van der Waals surface area contributed by atoms with Gasteiger partial charge in [0.1, 0.15) is 6.04 Å². The third kappa shape index (κ3) is 3.04. The van der Waals surface area contributed by atoms with Crippen LogP contribution < -0.4 is 4.90 Å². The second-order valence-electron chi connectivity index (χ2n) is 7.49. The van der Waals surface area contributed by atoms with Gasteiger partial charge in [0.05, 0.1) is 24.3 Å². The number of carbonyl (C=O) groups is 2. The van der Waals surface area contributed by atoms with Crippen molar-refractivity contribution >= 4 is 17.6 Å². The van der Waals surface area contributed by atoms with Crippen molar-refractivity contribution in [1.29, 1.82) is 0 Å². The molecule has 2 aliphatic rings. The monoisotopic (exact) mass is 388 g/mol. The highest BCUT2D eigenvalue weighted by atomic mass is 16.4. The Morgan fingerprint density at radius 2 is 1.79 bits per heavy atom. The molecular formula is C22H20N4O3. The molecule has 1 amide bonds. The van der Waals surface area contributed by atoms with Crippen LogP contribution >= 0.6 is 0 Å². The molecule has 146 valence electrons. The third-order valence-corrected chi connectivity index (χ3v) is 5.74. The Balaban J connectivity index is 1.42. The second kappa shape index (κ2) is 6.77. The Morgan fingerprint density at radius 1 is 1.03 bits per heavy atom. The molecule has 0 bridgehead atoms. The van der Waals surface area contributed by atoms with Gasteiger partial charge < -0.3 is 19.9 Å². The molecule has 5 rings (SSSR count). The number of benzene rings is 2. The van der Waals surface area contributed by atoms with Crippen molar-refractivity contribution in [2.75, 3.05) is 4.90 Å². The minimum absolute atomic E-state index is 0.209. The number of H-pyrrole nitrogens is 1. The predicted octanol–water partition coefficient (Wildman–Crippen LogP) is 2.58. The summed E-state index contributed by atoms with van der Waals surface area (Å²) in [6.45, 7) is 1.81. The van der Waals surface area contributed by atoms with Crippen molar-refractivity contribution in [2.45, 2.75) is 32.1 Å². The fraction of sp³-hybridized carbons (Fsp3) is 0.227. The number of aromatic amines is 1. The van der Waals surface area contributed by atoms with Crippen LogP contribution in [0.25, 0.3) is 0 Å². The maximum Gasteiger partial charge on any atom is 0.326 e. The summed E-state index contributed by atoms with van der Waals surface area (Å²) in [4.78, 5) is 35.9. The number of nitrogens with one attached hydrogen (secondary N) is 1. The topological polar surface area (TPSA) is 89.5 Å². The van der Waals surface area contributed by atoms with E-state index in [9.17, 15) is 14.7 Å². The standard InChI is InChI=1S/C22H20N4O3/c27-21(26-12-19-18(23-13-24-19)9-20(26)22(28)29)14-6-3-7-17(8-14)25-10-15-4-1-2-5-16(15)11-25/h1-8,13,20H,9-12H2,(H,23,24)(H,28,29). The largest absolute Gasteiger partial charge is 0.480 e. The normalized spacial score (nSPS) is 17.7. The van der Waals surface area contributed by atoms with Crippen LogP contribution in [0.15, 0.2) is 54.9 Å². The summed E-state index contributed by atoms with van der Waals surface area (Å²) in [5.74, 6) is -1.30. The highest BCUT2D eigenvalue weighted by Gasteiger charge is 2.36. The molecule has 7 nitrogen and oxygen atoms in total. The summed E-state index contributed by atoms with van der Waals surface area (Å²) < 4.78 is 0. The minimum atomic E-state index is -1.02. The Bertz CT molecular complexity index is 1080. The van der Waals surface area contributed by atoms with E-state index in [0.717, 1.165) is 24.5 Å². The number of carboxylic acid groups (broad SMARTS) is 1. The fourth-order valence-electron chi connectivity index (χ4n) is 4.19. The fourth-order valence-corrected chi connectivity index (χ4v) is 4.19. The summed E-state index contributed by atoms with van der Waals surface area (Å²) in [6, 6.07) is 14.8. The first-order valence-corrected chi connectivity index (χ1v) is 9.57. The summed E-state index contributed by atoms with van der Waals surface area (Å²) in [7, 11) is 0. The van der Waals surface area contributed by atoms with Crippen LogP contribution in [0.2, 0.25) is 0 Å². The zero-order valence-corrected chi connectivity index (χ0v) is 15.7. The lowest BCUT2D eigenvalue weighted by atomic mass is 10.0. The van der Waals surface area contributed by atoms with Gasteiger partial charge in [-0.25, -0.2) is 9.78 Å². The number of hydrogen-bond acceptors (Lipinski definition) is 4. The second-order valence-corrected chi connectivity index (χ2v) is 7.49. The molecule has 0 saturated carbocycles. The highest BCUT2D eigenvalue weighted by molar-refractivity contribution is 5.97. The van der Waals surface area contributed by atoms with Crippen LogP contribution in [-0.2, 0) is 30.8 Å². The van der Waals surface area contributed by atoms with Gasteiger partial charge in [-0.05, 0) is 29.3 Å². The number of aromatic nitrogens is 2. The molecule has 1 atom stereocenters. The molecule has 0 aliphatic carbocycles. The average Bonchev–Trinajstić information content (AvgIpc) is 3.38. The molecule has 1 aromatic heterocycles. The van der Waals surface area contributed by atoms with E-state index < -0.39 is 12.0 Å². The zero-order valence-electron chi connectivity index (χ0n) is 15.7. The number of carbonyl (C=O) groups excluding carboxylic acids is 1. The van der Waals surface area contributed by atoms with Crippen LogP contribution in [0.5, 0.6) is 0 Å². The van der Waals surface area contributed by atoms with Crippen molar-refractivity contribution in [1.82, 2.24) is 14.9 Å². The summed E-state index contributed by atoms with van der Waals surface area (Å²) in [5, 5.41) is 9.65. The summed E-state index contributed by atoms with van der Waals surface area (Å²) >= 11 is 0. The lowest BCUT2D eigenvalue weighted by Crippen LogP contribution is -2.48. The average molecular weight is 388 g/mol. The van der Waals surface area contributed by atoms with E-state index in [2.05, 4.69) is 27.0 Å². The Labute approximate surface area is 167 Å². The minimum Gasteiger partial charge on any atom is -0.480 e. The number of aliphatic carboxylic acids is 1. The van der Waals surface area contributed by atoms with E-state index in [4.69, 9.17) is 0 Å². The molecule has 1 unspecified atom stereocenters. The Hall–Kier alpha value is -3.61. The number of anilines is 1. The van der Waals surface area contributed by atoms with E-state index in [-0.39, 0.29) is 18.9 Å². The number of imidazole rings is 1. The van der Waals surface area contributed by atoms with E-state index in [0.29, 0.717) is 11.3 Å². The lowest BCUT2D eigenvalue weighted by molar-refractivity contribution is -0.142. The highest BCUT2D eigenvalue weighted by Crippen LogP contribution is 2.30. The van der Waals surface area contributed by atoms with Crippen LogP contribution in [0.3, 0.4) is 0 Å². The van der Waals surface area contributed by atoms with Crippen LogP contribution in [0, 0.1) is 0 Å². The van der Waals surface area contributed by atoms with Gasteiger partial charge in [0.25, 0.3) is 5.91 Å². The molecule has 2 aromatic carbocycles. The van der Waals surface area contributed by atoms with E-state index >= 15 is 0 Å². The van der Waals surface area contributed by atoms with Crippen molar-refractivity contribution in [3.63, 3.8) is 0 Å². The van der Waals surface area contributed by atoms with Gasteiger partial charge in [0, 0.05) is 30.8 Å². The molecule has 3 aromatic rings. The predicted molar refractivity (Wildman–Crippen MR) is 106 cm³/mol. The van der Waals surface area contributed by atoms with Crippen molar-refractivity contribution in [3.8, 4) is 0 Å². The Morgan fingerprint density at radius 3 is 2.52 bits per heavy atom. The molecule has 7 heteroatoms. The van der Waals surface area contributed by atoms with E-state index in [1.807, 2.05) is 30.3 Å². The van der Waals surface area contributed by atoms with Gasteiger partial charge in [0.15, 0.2) is 0 Å². The quantitative estimate of drug-likeness (QED) is 0.720. The molecule has 3 heterocycles. The summed E-state index contributed by atoms with van der Waals surface area (Å²) in [5.41, 5.74) is 5.54. The smallest absolute Gasteiger partial charge is 0.326 e. The van der Waals surface area contributed by atoms with E-state index in [1.54, 1.807) is 12.4 Å². The molecule has 0 spiro atoms.